The van der Waals surface area contributed by atoms with E-state index >= 15 is 0 Å². The van der Waals surface area contributed by atoms with Crippen LogP contribution in [0.2, 0.25) is 0 Å². The van der Waals surface area contributed by atoms with Gasteiger partial charge in [0.1, 0.15) is 11.6 Å². The van der Waals surface area contributed by atoms with E-state index in [4.69, 9.17) is 4.42 Å². The van der Waals surface area contributed by atoms with E-state index in [1.54, 1.807) is 24.0 Å². The minimum Gasteiger partial charge on any atom is -0.448 e. The maximum Gasteiger partial charge on any atom is 0.276 e. The molecule has 0 unspecified atom stereocenters. The summed E-state index contributed by atoms with van der Waals surface area (Å²) in [6, 6.07) is 14.1. The average molecular weight is 375 g/mol. The summed E-state index contributed by atoms with van der Waals surface area (Å²) in [6.45, 7) is 2.27. The lowest BCUT2D eigenvalue weighted by Crippen LogP contribution is -2.41. The highest BCUT2D eigenvalue weighted by atomic mass is 19.1. The normalized spacial score (nSPS) is 16.4. The van der Waals surface area contributed by atoms with Gasteiger partial charge in [-0.25, -0.2) is 9.37 Å². The van der Waals surface area contributed by atoms with Crippen molar-refractivity contribution in [3.05, 3.63) is 89.0 Å². The van der Waals surface area contributed by atoms with Crippen molar-refractivity contribution in [2.75, 3.05) is 6.54 Å². The molecule has 1 amide bonds. The number of fused-ring (bicyclic) bond motifs is 3. The molecule has 28 heavy (non-hydrogen) atoms. The first-order valence-electron chi connectivity index (χ1n) is 9.19. The molecule has 1 N–H and O–H groups in total. The zero-order valence-corrected chi connectivity index (χ0v) is 15.3. The molecular formula is C22H18FN3O2. The van der Waals surface area contributed by atoms with E-state index < -0.39 is 0 Å². The number of nitrogens with one attached hydrogen (secondary N) is 1. The highest BCUT2D eigenvalue weighted by molar-refractivity contribution is 5.94. The van der Waals surface area contributed by atoms with Crippen molar-refractivity contribution in [2.45, 2.75) is 19.4 Å². The lowest BCUT2D eigenvalue weighted by Gasteiger charge is -2.36. The quantitative estimate of drug-likeness (QED) is 0.565. The first-order chi connectivity index (χ1) is 13.6. The molecule has 5 rings (SSSR count). The number of hydrogen-bond acceptors (Lipinski definition) is 3. The summed E-state index contributed by atoms with van der Waals surface area (Å²) in [6.07, 6.45) is 2.02. The summed E-state index contributed by atoms with van der Waals surface area (Å²) >= 11 is 0. The fraction of sp³-hybridized carbons (Fsp3) is 0.182. The van der Waals surface area contributed by atoms with Crippen LogP contribution >= 0.6 is 0 Å². The molecule has 5 nitrogen and oxygen atoms in total. The number of amides is 1. The lowest BCUT2D eigenvalue weighted by atomic mass is 9.92. The van der Waals surface area contributed by atoms with Crippen LogP contribution in [-0.4, -0.2) is 27.3 Å². The highest BCUT2D eigenvalue weighted by Crippen LogP contribution is 2.39. The third-order valence-corrected chi connectivity index (χ3v) is 5.43. The maximum atomic E-state index is 13.5. The minimum atomic E-state index is -0.347. The third kappa shape index (κ3) is 2.52. The Balaban J connectivity index is 1.68. The zero-order chi connectivity index (χ0) is 19.3. The number of aryl methyl sites for hydroxylation is 1. The Morgan fingerprint density at radius 1 is 1.21 bits per heavy atom. The number of benzene rings is 2. The van der Waals surface area contributed by atoms with Crippen LogP contribution in [0.25, 0.3) is 10.9 Å². The molecule has 1 aliphatic heterocycles. The van der Waals surface area contributed by atoms with Crippen molar-refractivity contribution in [3.8, 4) is 0 Å². The van der Waals surface area contributed by atoms with Crippen LogP contribution in [0.5, 0.6) is 0 Å². The molecule has 0 spiro atoms. The second-order valence-corrected chi connectivity index (χ2v) is 7.02. The van der Waals surface area contributed by atoms with E-state index in [1.165, 1.54) is 24.1 Å². The number of hydrogen-bond donors (Lipinski definition) is 1. The Morgan fingerprint density at radius 2 is 2.00 bits per heavy atom. The molecule has 0 saturated carbocycles. The summed E-state index contributed by atoms with van der Waals surface area (Å²) < 4.78 is 18.8. The van der Waals surface area contributed by atoms with Crippen molar-refractivity contribution >= 4 is 16.8 Å². The Labute approximate surface area is 160 Å². The topological polar surface area (TPSA) is 62.1 Å². The molecule has 140 valence electrons. The van der Waals surface area contributed by atoms with Gasteiger partial charge in [-0.05, 0) is 42.7 Å². The maximum absolute atomic E-state index is 13.5. The van der Waals surface area contributed by atoms with E-state index in [0.29, 0.717) is 18.0 Å². The van der Waals surface area contributed by atoms with Gasteiger partial charge in [0.05, 0.1) is 6.04 Å². The number of carbonyl (C=O) groups excluding carboxylic acids is 1. The number of aromatic nitrogens is 2. The van der Waals surface area contributed by atoms with Gasteiger partial charge in [0.15, 0.2) is 12.1 Å². The van der Waals surface area contributed by atoms with Crippen LogP contribution in [0.1, 0.15) is 39.1 Å². The summed E-state index contributed by atoms with van der Waals surface area (Å²) in [5.41, 5.74) is 4.36. The fourth-order valence-corrected chi connectivity index (χ4v) is 4.10. The molecule has 2 aromatic carbocycles. The Kier molecular flexibility index (Phi) is 3.79. The predicted octanol–water partition coefficient (Wildman–Crippen LogP) is 4.39. The first-order valence-corrected chi connectivity index (χ1v) is 9.19. The molecular weight excluding hydrogens is 357 g/mol. The molecule has 1 atom stereocenters. The SMILES string of the molecule is Cc1ocnc1C(=O)N1CCc2c([nH]c3ccccc23)[C@H]1c1ccc(F)cc1. The van der Waals surface area contributed by atoms with Gasteiger partial charge in [-0.3, -0.25) is 4.79 Å². The van der Waals surface area contributed by atoms with E-state index in [2.05, 4.69) is 16.0 Å². The fourth-order valence-electron chi connectivity index (χ4n) is 4.10. The van der Waals surface area contributed by atoms with Crippen molar-refractivity contribution in [1.29, 1.82) is 0 Å². The van der Waals surface area contributed by atoms with Gasteiger partial charge >= 0.3 is 0 Å². The summed E-state index contributed by atoms with van der Waals surface area (Å²) in [4.78, 5) is 22.7. The van der Waals surface area contributed by atoms with E-state index in [0.717, 1.165) is 28.6 Å². The van der Waals surface area contributed by atoms with Crippen LogP contribution < -0.4 is 0 Å². The molecule has 0 saturated heterocycles. The molecule has 0 radical (unpaired) electrons. The Hall–Kier alpha value is -3.41. The van der Waals surface area contributed by atoms with Gasteiger partial charge in [-0.1, -0.05) is 30.3 Å². The molecule has 3 heterocycles. The van der Waals surface area contributed by atoms with Gasteiger partial charge in [0.2, 0.25) is 0 Å². The summed E-state index contributed by atoms with van der Waals surface area (Å²) in [7, 11) is 0. The average Bonchev–Trinajstić information content (AvgIpc) is 3.30. The summed E-state index contributed by atoms with van der Waals surface area (Å²) in [5, 5.41) is 1.16. The Morgan fingerprint density at radius 3 is 2.75 bits per heavy atom. The van der Waals surface area contributed by atoms with Crippen LogP contribution in [0.3, 0.4) is 0 Å². The number of para-hydroxylation sites is 1. The van der Waals surface area contributed by atoms with Crippen LogP contribution in [0.4, 0.5) is 4.39 Å². The van der Waals surface area contributed by atoms with Gasteiger partial charge in [0, 0.05) is 23.1 Å². The predicted molar refractivity (Wildman–Crippen MR) is 103 cm³/mol. The molecule has 0 bridgehead atoms. The molecule has 1 aliphatic rings. The smallest absolute Gasteiger partial charge is 0.276 e. The Bertz CT molecular complexity index is 1180. The number of carbonyl (C=O) groups is 1. The minimum absolute atomic E-state index is 0.190. The molecule has 0 fully saturated rings. The van der Waals surface area contributed by atoms with Crippen LogP contribution in [-0.2, 0) is 6.42 Å². The summed E-state index contributed by atoms with van der Waals surface area (Å²) in [5.74, 6) is -0.00293. The molecule has 4 aromatic rings. The number of rotatable bonds is 2. The molecule has 6 heteroatoms. The number of H-pyrrole nitrogens is 1. The zero-order valence-electron chi connectivity index (χ0n) is 15.3. The van der Waals surface area contributed by atoms with Gasteiger partial charge in [0.25, 0.3) is 5.91 Å². The van der Waals surface area contributed by atoms with Crippen molar-refractivity contribution < 1.29 is 13.6 Å². The van der Waals surface area contributed by atoms with E-state index in [-0.39, 0.29) is 17.8 Å². The van der Waals surface area contributed by atoms with Gasteiger partial charge < -0.3 is 14.3 Å². The van der Waals surface area contributed by atoms with Crippen molar-refractivity contribution in [1.82, 2.24) is 14.9 Å². The van der Waals surface area contributed by atoms with Crippen molar-refractivity contribution in [3.63, 3.8) is 0 Å². The largest absolute Gasteiger partial charge is 0.448 e. The van der Waals surface area contributed by atoms with E-state index in [9.17, 15) is 9.18 Å². The van der Waals surface area contributed by atoms with Crippen molar-refractivity contribution in [2.24, 2.45) is 0 Å². The van der Waals surface area contributed by atoms with E-state index in [1.807, 2.05) is 18.2 Å². The monoisotopic (exact) mass is 375 g/mol. The number of aromatic amines is 1. The molecule has 2 aromatic heterocycles. The van der Waals surface area contributed by atoms with Gasteiger partial charge in [-0.2, -0.15) is 0 Å². The number of oxazole rings is 1. The second kappa shape index (κ2) is 6.34. The number of halogens is 1. The second-order valence-electron chi connectivity index (χ2n) is 7.02. The van der Waals surface area contributed by atoms with Crippen LogP contribution in [0, 0.1) is 12.7 Å². The number of nitrogens with zero attached hydrogens (tertiary/aromatic N) is 2. The van der Waals surface area contributed by atoms with Gasteiger partial charge in [-0.15, -0.1) is 0 Å². The third-order valence-electron chi connectivity index (χ3n) is 5.43. The molecule has 0 aliphatic carbocycles. The standard InChI is InChI=1S/C22H18FN3O2/c1-13-19(24-12-28-13)22(27)26-11-10-17-16-4-2-3-5-18(16)25-20(17)21(26)14-6-8-15(23)9-7-14/h2-9,12,21,25H,10-11H2,1H3/t21-/m1/s1. The highest BCUT2D eigenvalue weighted by Gasteiger charge is 2.36. The van der Waals surface area contributed by atoms with Crippen LogP contribution in [0.15, 0.2) is 59.3 Å². The first kappa shape index (κ1) is 16.7. The lowest BCUT2D eigenvalue weighted by molar-refractivity contribution is 0.0685.